The number of unbranched alkanes of at least 4 members (excludes halogenated alkanes) is 11. The van der Waals surface area contributed by atoms with Crippen LogP contribution in [0.25, 0.3) is 0 Å². The van der Waals surface area contributed by atoms with Gasteiger partial charge in [-0.3, -0.25) is 9.59 Å². The first-order valence-electron chi connectivity index (χ1n) is 11.9. The molecule has 0 fully saturated rings. The van der Waals surface area contributed by atoms with Crippen molar-refractivity contribution in [3.05, 3.63) is 23.7 Å². The molecule has 1 aliphatic rings. The average Bonchev–Trinajstić information content (AvgIpc) is 2.98. The minimum absolute atomic E-state index is 0.106. The molecule has 29 heavy (non-hydrogen) atoms. The second-order valence-corrected chi connectivity index (χ2v) is 8.07. The van der Waals surface area contributed by atoms with Crippen molar-refractivity contribution in [2.24, 2.45) is 0 Å². The molecule has 166 valence electrons. The molecule has 0 aromatic heterocycles. The molecule has 0 spiro atoms. The van der Waals surface area contributed by atoms with Gasteiger partial charge in [0.25, 0.3) is 0 Å². The number of hydrogen-bond donors (Lipinski definition) is 0. The van der Waals surface area contributed by atoms with Gasteiger partial charge in [-0.2, -0.15) is 0 Å². The first kappa shape index (κ1) is 25.5. The van der Waals surface area contributed by atoms with Crippen molar-refractivity contribution in [1.29, 1.82) is 0 Å². The van der Waals surface area contributed by atoms with E-state index in [1.54, 1.807) is 6.92 Å². The Kier molecular flexibility index (Phi) is 14.3. The van der Waals surface area contributed by atoms with E-state index < -0.39 is 6.10 Å². The minimum atomic E-state index is -0.488. The van der Waals surface area contributed by atoms with Crippen molar-refractivity contribution in [3.63, 3.8) is 0 Å². The molecule has 0 saturated heterocycles. The van der Waals surface area contributed by atoms with E-state index in [-0.39, 0.29) is 17.5 Å². The molecule has 0 N–H and O–H groups in total. The van der Waals surface area contributed by atoms with Gasteiger partial charge in [-0.1, -0.05) is 77.4 Å². The van der Waals surface area contributed by atoms with Crippen LogP contribution >= 0.6 is 0 Å². The van der Waals surface area contributed by atoms with Crippen molar-refractivity contribution in [3.8, 4) is 0 Å². The lowest BCUT2D eigenvalue weighted by atomic mass is 10.1. The Labute approximate surface area is 178 Å². The van der Waals surface area contributed by atoms with Crippen LogP contribution in [-0.2, 0) is 19.1 Å². The second-order valence-electron chi connectivity index (χ2n) is 8.07. The van der Waals surface area contributed by atoms with E-state index in [1.807, 2.05) is 6.92 Å². The largest absolute Gasteiger partial charge is 0.483 e. The zero-order valence-corrected chi connectivity index (χ0v) is 19.0. The molecule has 1 heterocycles. The number of rotatable bonds is 17. The lowest BCUT2D eigenvalue weighted by molar-refractivity contribution is -0.142. The van der Waals surface area contributed by atoms with Crippen molar-refractivity contribution in [1.82, 2.24) is 0 Å². The number of carbonyl (C=O) groups is 2. The SMILES string of the molecule is CCCCCCCCC=CCCCCCCCC(=O)OC1=C(C)OC(CC)C1=O. The van der Waals surface area contributed by atoms with E-state index in [0.29, 0.717) is 18.6 Å². The Hall–Kier alpha value is -1.58. The summed E-state index contributed by atoms with van der Waals surface area (Å²) >= 11 is 0. The van der Waals surface area contributed by atoms with Crippen LogP contribution in [0.5, 0.6) is 0 Å². The van der Waals surface area contributed by atoms with Gasteiger partial charge in [0.2, 0.25) is 11.5 Å². The van der Waals surface area contributed by atoms with Crippen LogP contribution < -0.4 is 0 Å². The van der Waals surface area contributed by atoms with Crippen LogP contribution in [0, 0.1) is 0 Å². The number of ketones is 1. The number of carbonyl (C=O) groups excluding carboxylic acids is 2. The van der Waals surface area contributed by atoms with E-state index >= 15 is 0 Å². The number of esters is 1. The van der Waals surface area contributed by atoms with Gasteiger partial charge in [-0.25, -0.2) is 0 Å². The van der Waals surface area contributed by atoms with Crippen LogP contribution in [0.3, 0.4) is 0 Å². The molecule has 4 nitrogen and oxygen atoms in total. The first-order valence-corrected chi connectivity index (χ1v) is 11.9. The third-order valence-electron chi connectivity index (χ3n) is 5.38. The van der Waals surface area contributed by atoms with E-state index in [9.17, 15) is 9.59 Å². The van der Waals surface area contributed by atoms with Gasteiger partial charge in [0.1, 0.15) is 5.76 Å². The number of ether oxygens (including phenoxy) is 2. The molecule has 4 heteroatoms. The van der Waals surface area contributed by atoms with E-state index in [4.69, 9.17) is 9.47 Å². The molecule has 1 aliphatic heterocycles. The fraction of sp³-hybridized carbons (Fsp3) is 0.760. The highest BCUT2D eigenvalue weighted by molar-refractivity contribution is 6.01. The van der Waals surface area contributed by atoms with Crippen LogP contribution in [-0.4, -0.2) is 17.9 Å². The molecular weight excluding hydrogens is 364 g/mol. The molecule has 1 rings (SSSR count). The Bertz CT molecular complexity index is 533. The van der Waals surface area contributed by atoms with E-state index in [2.05, 4.69) is 19.1 Å². The zero-order chi connectivity index (χ0) is 21.3. The summed E-state index contributed by atoms with van der Waals surface area (Å²) in [6.45, 7) is 5.82. The highest BCUT2D eigenvalue weighted by Crippen LogP contribution is 2.24. The van der Waals surface area contributed by atoms with Crippen molar-refractivity contribution in [2.45, 2.75) is 123 Å². The Morgan fingerprint density at radius 2 is 1.45 bits per heavy atom. The van der Waals surface area contributed by atoms with Gasteiger partial charge in [-0.15, -0.1) is 0 Å². The average molecular weight is 407 g/mol. The zero-order valence-electron chi connectivity index (χ0n) is 19.0. The molecule has 0 radical (unpaired) electrons. The maximum atomic E-state index is 12.0. The predicted octanol–water partition coefficient (Wildman–Crippen LogP) is 7.18. The molecule has 0 aromatic carbocycles. The lowest BCUT2D eigenvalue weighted by Gasteiger charge is -2.05. The fourth-order valence-electron chi connectivity index (χ4n) is 3.54. The molecule has 0 saturated carbocycles. The van der Waals surface area contributed by atoms with Gasteiger partial charge in [0, 0.05) is 6.42 Å². The predicted molar refractivity (Wildman–Crippen MR) is 118 cm³/mol. The molecule has 1 atom stereocenters. The highest BCUT2D eigenvalue weighted by Gasteiger charge is 2.34. The fourth-order valence-corrected chi connectivity index (χ4v) is 3.54. The van der Waals surface area contributed by atoms with Gasteiger partial charge < -0.3 is 9.47 Å². The summed E-state index contributed by atoms with van der Waals surface area (Å²) in [5.41, 5.74) is 0. The van der Waals surface area contributed by atoms with Crippen LogP contribution in [0.4, 0.5) is 0 Å². The summed E-state index contributed by atoms with van der Waals surface area (Å²) < 4.78 is 10.7. The summed E-state index contributed by atoms with van der Waals surface area (Å²) in [7, 11) is 0. The van der Waals surface area contributed by atoms with E-state index in [1.165, 1.54) is 57.8 Å². The Morgan fingerprint density at radius 1 is 0.897 bits per heavy atom. The van der Waals surface area contributed by atoms with Gasteiger partial charge >= 0.3 is 5.97 Å². The smallest absolute Gasteiger partial charge is 0.311 e. The van der Waals surface area contributed by atoms with Crippen LogP contribution in [0.2, 0.25) is 0 Å². The topological polar surface area (TPSA) is 52.6 Å². The maximum absolute atomic E-state index is 12.0. The van der Waals surface area contributed by atoms with Crippen molar-refractivity contribution >= 4 is 11.8 Å². The molecular formula is C25H42O4. The number of hydrogen-bond acceptors (Lipinski definition) is 4. The standard InChI is InChI=1S/C25H42O4/c1-4-6-7-8-9-10-11-12-13-14-15-16-17-18-19-20-23(26)29-25-21(3)28-22(5-2)24(25)27/h12-13,22H,4-11,14-20H2,1-3H3. The highest BCUT2D eigenvalue weighted by atomic mass is 16.6. The molecule has 1 unspecified atom stereocenters. The van der Waals surface area contributed by atoms with Crippen molar-refractivity contribution in [2.75, 3.05) is 0 Å². The number of Topliss-reactive ketones (excluding diaryl/α,β-unsaturated/α-hetero) is 1. The second kappa shape index (κ2) is 16.2. The summed E-state index contributed by atoms with van der Waals surface area (Å²) in [6.07, 6.45) is 21.0. The molecule has 0 aromatic rings. The van der Waals surface area contributed by atoms with Crippen LogP contribution in [0.1, 0.15) is 117 Å². The first-order chi connectivity index (χ1) is 14.1. The minimum Gasteiger partial charge on any atom is -0.483 e. The monoisotopic (exact) mass is 406 g/mol. The third-order valence-corrected chi connectivity index (χ3v) is 5.38. The van der Waals surface area contributed by atoms with Gasteiger partial charge in [0.05, 0.1) is 0 Å². The van der Waals surface area contributed by atoms with E-state index in [0.717, 1.165) is 25.7 Å². The summed E-state index contributed by atoms with van der Waals surface area (Å²) in [5, 5.41) is 0. The maximum Gasteiger partial charge on any atom is 0.311 e. The summed E-state index contributed by atoms with van der Waals surface area (Å²) in [5.74, 6) is 0.00271. The summed E-state index contributed by atoms with van der Waals surface area (Å²) in [4.78, 5) is 24.0. The van der Waals surface area contributed by atoms with Gasteiger partial charge in [-0.05, 0) is 45.4 Å². The Morgan fingerprint density at radius 3 is 2.00 bits per heavy atom. The molecule has 0 aliphatic carbocycles. The lowest BCUT2D eigenvalue weighted by Crippen LogP contribution is -2.19. The number of allylic oxidation sites excluding steroid dienone is 3. The van der Waals surface area contributed by atoms with Crippen molar-refractivity contribution < 1.29 is 19.1 Å². The van der Waals surface area contributed by atoms with Gasteiger partial charge in [0.15, 0.2) is 6.10 Å². The molecule has 0 bridgehead atoms. The quantitative estimate of drug-likeness (QED) is 0.146. The van der Waals surface area contributed by atoms with Crippen LogP contribution in [0.15, 0.2) is 23.7 Å². The Balaban J connectivity index is 1.94. The molecule has 0 amide bonds. The normalized spacial score (nSPS) is 16.7. The summed E-state index contributed by atoms with van der Waals surface area (Å²) in [6, 6.07) is 0. The third kappa shape index (κ3) is 11.3.